The van der Waals surface area contributed by atoms with Gasteiger partial charge in [0.2, 0.25) is 5.91 Å². The van der Waals surface area contributed by atoms with Gasteiger partial charge >= 0.3 is 0 Å². The summed E-state index contributed by atoms with van der Waals surface area (Å²) in [5, 5.41) is 2.73. The molecular formula is C20H20FN3O2. The van der Waals surface area contributed by atoms with Crippen molar-refractivity contribution in [3.8, 4) is 0 Å². The van der Waals surface area contributed by atoms with Crippen LogP contribution in [0.1, 0.15) is 18.4 Å². The zero-order chi connectivity index (χ0) is 18.1. The van der Waals surface area contributed by atoms with E-state index in [0.29, 0.717) is 31.9 Å². The van der Waals surface area contributed by atoms with Gasteiger partial charge in [0.1, 0.15) is 11.3 Å². The van der Waals surface area contributed by atoms with Gasteiger partial charge in [0, 0.05) is 19.0 Å². The SMILES string of the molecule is Cc1ccc(F)c(NC(=O)C2CCN(c3nc4ccccc4o3)CC2)c1. The summed E-state index contributed by atoms with van der Waals surface area (Å²) in [6.45, 7) is 3.23. The minimum atomic E-state index is -0.409. The van der Waals surface area contributed by atoms with E-state index in [1.807, 2.05) is 31.2 Å². The molecule has 0 saturated carbocycles. The first-order valence-corrected chi connectivity index (χ1v) is 8.78. The fourth-order valence-corrected chi connectivity index (χ4v) is 3.30. The van der Waals surface area contributed by atoms with E-state index in [0.717, 1.165) is 16.7 Å². The summed E-state index contributed by atoms with van der Waals surface area (Å²) >= 11 is 0. The third kappa shape index (κ3) is 3.27. The van der Waals surface area contributed by atoms with Crippen LogP contribution in [0.4, 0.5) is 16.1 Å². The summed E-state index contributed by atoms with van der Waals surface area (Å²) < 4.78 is 19.6. The number of hydrogen-bond acceptors (Lipinski definition) is 4. The molecule has 0 unspecified atom stereocenters. The average Bonchev–Trinajstić information content (AvgIpc) is 3.09. The van der Waals surface area contributed by atoms with E-state index in [-0.39, 0.29) is 17.5 Å². The molecule has 1 N–H and O–H groups in total. The fraction of sp³-hybridized carbons (Fsp3) is 0.300. The number of benzene rings is 2. The predicted molar refractivity (Wildman–Crippen MR) is 98.7 cm³/mol. The summed E-state index contributed by atoms with van der Waals surface area (Å²) in [6, 6.07) is 13.0. The number of aromatic nitrogens is 1. The molecule has 2 aromatic carbocycles. The topological polar surface area (TPSA) is 58.4 Å². The second kappa shape index (κ2) is 6.78. The monoisotopic (exact) mass is 353 g/mol. The molecule has 0 bridgehead atoms. The van der Waals surface area contributed by atoms with E-state index < -0.39 is 5.82 Å². The molecule has 1 fully saturated rings. The first-order valence-electron chi connectivity index (χ1n) is 8.78. The number of carbonyl (C=O) groups excluding carboxylic acids is 1. The number of para-hydroxylation sites is 2. The molecule has 0 atom stereocenters. The van der Waals surface area contributed by atoms with Crippen molar-refractivity contribution in [1.29, 1.82) is 0 Å². The number of nitrogens with zero attached hydrogens (tertiary/aromatic N) is 2. The highest BCUT2D eigenvalue weighted by Gasteiger charge is 2.27. The summed E-state index contributed by atoms with van der Waals surface area (Å²) in [5.41, 5.74) is 2.75. The quantitative estimate of drug-likeness (QED) is 0.769. The number of hydrogen-bond donors (Lipinski definition) is 1. The molecule has 1 aliphatic rings. The maximum Gasteiger partial charge on any atom is 0.298 e. The van der Waals surface area contributed by atoms with Gasteiger partial charge in [-0.3, -0.25) is 4.79 Å². The number of anilines is 2. The second-order valence-electron chi connectivity index (χ2n) is 6.70. The van der Waals surface area contributed by atoms with Crippen molar-refractivity contribution in [2.24, 2.45) is 5.92 Å². The molecule has 1 aliphatic heterocycles. The molecule has 2 heterocycles. The van der Waals surface area contributed by atoms with Gasteiger partial charge in [0.25, 0.3) is 6.01 Å². The Hall–Kier alpha value is -2.89. The van der Waals surface area contributed by atoms with Gasteiger partial charge in [-0.05, 0) is 49.6 Å². The van der Waals surface area contributed by atoms with Crippen molar-refractivity contribution >= 4 is 28.7 Å². The van der Waals surface area contributed by atoms with Gasteiger partial charge in [0.05, 0.1) is 5.69 Å². The normalized spacial score (nSPS) is 15.4. The van der Waals surface area contributed by atoms with Crippen LogP contribution >= 0.6 is 0 Å². The molecular weight excluding hydrogens is 333 g/mol. The van der Waals surface area contributed by atoms with Crippen molar-refractivity contribution in [3.05, 3.63) is 53.8 Å². The van der Waals surface area contributed by atoms with Crippen LogP contribution in [-0.4, -0.2) is 24.0 Å². The van der Waals surface area contributed by atoms with Gasteiger partial charge in [-0.15, -0.1) is 0 Å². The van der Waals surface area contributed by atoms with E-state index in [1.165, 1.54) is 6.07 Å². The highest BCUT2D eigenvalue weighted by Crippen LogP contribution is 2.27. The van der Waals surface area contributed by atoms with Gasteiger partial charge < -0.3 is 14.6 Å². The van der Waals surface area contributed by atoms with Crippen LogP contribution in [0, 0.1) is 18.7 Å². The Labute approximate surface area is 150 Å². The summed E-state index contributed by atoms with van der Waals surface area (Å²) in [7, 11) is 0. The van der Waals surface area contributed by atoms with Crippen LogP contribution in [0.2, 0.25) is 0 Å². The van der Waals surface area contributed by atoms with Crippen LogP contribution in [0.25, 0.3) is 11.1 Å². The predicted octanol–water partition coefficient (Wildman–Crippen LogP) is 4.13. The first-order chi connectivity index (χ1) is 12.6. The molecule has 0 aliphatic carbocycles. The molecule has 3 aromatic rings. The third-order valence-corrected chi connectivity index (χ3v) is 4.80. The van der Waals surface area contributed by atoms with Crippen molar-refractivity contribution in [1.82, 2.24) is 4.98 Å². The van der Waals surface area contributed by atoms with Crippen molar-refractivity contribution in [2.45, 2.75) is 19.8 Å². The Kier molecular flexibility index (Phi) is 4.32. The van der Waals surface area contributed by atoms with Crippen LogP contribution in [-0.2, 0) is 4.79 Å². The van der Waals surface area contributed by atoms with Crippen LogP contribution in [0.5, 0.6) is 0 Å². The van der Waals surface area contributed by atoms with Gasteiger partial charge in [-0.25, -0.2) is 4.39 Å². The molecule has 5 nitrogen and oxygen atoms in total. The number of rotatable bonds is 3. The number of carbonyl (C=O) groups is 1. The van der Waals surface area contributed by atoms with E-state index >= 15 is 0 Å². The zero-order valence-corrected chi connectivity index (χ0v) is 14.5. The lowest BCUT2D eigenvalue weighted by Gasteiger charge is -2.30. The fourth-order valence-electron chi connectivity index (χ4n) is 3.30. The Morgan fingerprint density at radius 2 is 2.00 bits per heavy atom. The minimum Gasteiger partial charge on any atom is -0.423 e. The van der Waals surface area contributed by atoms with Crippen LogP contribution in [0.3, 0.4) is 0 Å². The number of amides is 1. The smallest absolute Gasteiger partial charge is 0.298 e. The summed E-state index contributed by atoms with van der Waals surface area (Å²) in [6.07, 6.45) is 1.36. The molecule has 4 rings (SSSR count). The lowest BCUT2D eigenvalue weighted by atomic mass is 9.96. The van der Waals surface area contributed by atoms with E-state index in [4.69, 9.17) is 4.42 Å². The third-order valence-electron chi connectivity index (χ3n) is 4.80. The minimum absolute atomic E-state index is 0.133. The highest BCUT2D eigenvalue weighted by atomic mass is 19.1. The molecule has 1 amide bonds. The lowest BCUT2D eigenvalue weighted by Crippen LogP contribution is -2.38. The number of piperidine rings is 1. The molecule has 1 aromatic heterocycles. The second-order valence-corrected chi connectivity index (χ2v) is 6.70. The first kappa shape index (κ1) is 16.6. The van der Waals surface area contributed by atoms with Gasteiger partial charge in [-0.1, -0.05) is 18.2 Å². The molecule has 26 heavy (non-hydrogen) atoms. The van der Waals surface area contributed by atoms with Crippen LogP contribution < -0.4 is 10.2 Å². The number of aryl methyl sites for hydroxylation is 1. The number of oxazole rings is 1. The Balaban J connectivity index is 1.39. The van der Waals surface area contributed by atoms with Crippen LogP contribution in [0.15, 0.2) is 46.9 Å². The van der Waals surface area contributed by atoms with E-state index in [9.17, 15) is 9.18 Å². The average molecular weight is 353 g/mol. The van der Waals surface area contributed by atoms with Gasteiger partial charge in [-0.2, -0.15) is 4.98 Å². The summed E-state index contributed by atoms with van der Waals surface area (Å²) in [4.78, 5) is 19.0. The van der Waals surface area contributed by atoms with Gasteiger partial charge in [0.15, 0.2) is 5.58 Å². The molecule has 6 heteroatoms. The number of fused-ring (bicyclic) bond motifs is 1. The maximum atomic E-state index is 13.8. The molecule has 134 valence electrons. The summed E-state index contributed by atoms with van der Waals surface area (Å²) in [5.74, 6) is -0.685. The maximum absolute atomic E-state index is 13.8. The lowest BCUT2D eigenvalue weighted by molar-refractivity contribution is -0.120. The van der Waals surface area contributed by atoms with Crippen molar-refractivity contribution in [3.63, 3.8) is 0 Å². The largest absolute Gasteiger partial charge is 0.423 e. The number of halogens is 1. The Morgan fingerprint density at radius 1 is 1.23 bits per heavy atom. The Bertz CT molecular complexity index is 912. The number of nitrogens with one attached hydrogen (secondary N) is 1. The highest BCUT2D eigenvalue weighted by molar-refractivity contribution is 5.93. The molecule has 1 saturated heterocycles. The zero-order valence-electron chi connectivity index (χ0n) is 14.5. The van der Waals surface area contributed by atoms with Crippen molar-refractivity contribution < 1.29 is 13.6 Å². The van der Waals surface area contributed by atoms with Crippen molar-refractivity contribution in [2.75, 3.05) is 23.3 Å². The standard InChI is InChI=1S/C20H20FN3O2/c1-13-6-7-15(21)17(12-13)22-19(25)14-8-10-24(11-9-14)20-23-16-4-2-3-5-18(16)26-20/h2-7,12,14H,8-11H2,1H3,(H,22,25). The van der Waals surface area contributed by atoms with E-state index in [1.54, 1.807) is 12.1 Å². The molecule has 0 spiro atoms. The molecule has 0 radical (unpaired) electrons. The van der Waals surface area contributed by atoms with E-state index in [2.05, 4.69) is 15.2 Å². The Morgan fingerprint density at radius 3 is 2.77 bits per heavy atom.